The van der Waals surface area contributed by atoms with Crippen LogP contribution < -0.4 is 9.64 Å². The van der Waals surface area contributed by atoms with Crippen LogP contribution in [0, 0.1) is 6.92 Å². The van der Waals surface area contributed by atoms with Crippen LogP contribution in [0.1, 0.15) is 32.7 Å². The molecule has 1 amide bonds. The van der Waals surface area contributed by atoms with E-state index in [9.17, 15) is 18.0 Å². The van der Waals surface area contributed by atoms with E-state index in [1.807, 2.05) is 25.1 Å². The first-order valence-corrected chi connectivity index (χ1v) is 12.6. The van der Waals surface area contributed by atoms with Gasteiger partial charge >= 0.3 is 6.18 Å². The number of ether oxygens (including phenoxy) is 1. The summed E-state index contributed by atoms with van der Waals surface area (Å²) in [5.41, 5.74) is 3.31. The number of halogens is 3. The zero-order valence-electron chi connectivity index (χ0n) is 22.0. The van der Waals surface area contributed by atoms with E-state index in [4.69, 9.17) is 4.74 Å². The zero-order valence-corrected chi connectivity index (χ0v) is 22.0. The van der Waals surface area contributed by atoms with Crippen molar-refractivity contribution in [1.82, 2.24) is 24.3 Å². The topological polar surface area (TPSA) is 78.1 Å². The maximum Gasteiger partial charge on any atom is 0.435 e. The summed E-state index contributed by atoms with van der Waals surface area (Å²) in [6, 6.07) is 9.13. The molecule has 11 heteroatoms. The van der Waals surface area contributed by atoms with E-state index in [1.165, 1.54) is 13.2 Å². The lowest BCUT2D eigenvalue weighted by molar-refractivity contribution is -0.140. The van der Waals surface area contributed by atoms with Crippen molar-refractivity contribution in [3.8, 4) is 16.9 Å². The molecule has 1 aliphatic heterocycles. The van der Waals surface area contributed by atoms with Crippen LogP contribution in [0.2, 0.25) is 0 Å². The number of rotatable bonds is 5. The van der Waals surface area contributed by atoms with Gasteiger partial charge in [-0.15, -0.1) is 0 Å². The molecule has 0 spiro atoms. The molecule has 0 fully saturated rings. The first-order valence-electron chi connectivity index (χ1n) is 12.6. The van der Waals surface area contributed by atoms with Crippen LogP contribution in [0.5, 0.6) is 5.75 Å². The van der Waals surface area contributed by atoms with Gasteiger partial charge in [-0.2, -0.15) is 18.3 Å². The summed E-state index contributed by atoms with van der Waals surface area (Å²) < 4.78 is 50.4. The van der Waals surface area contributed by atoms with Crippen molar-refractivity contribution >= 4 is 22.5 Å². The van der Waals surface area contributed by atoms with Gasteiger partial charge < -0.3 is 14.2 Å². The second-order valence-electron chi connectivity index (χ2n) is 9.85. The van der Waals surface area contributed by atoms with E-state index in [2.05, 4.69) is 15.1 Å². The normalized spacial score (nSPS) is 13.7. The highest BCUT2D eigenvalue weighted by Crippen LogP contribution is 2.41. The highest BCUT2D eigenvalue weighted by Gasteiger charge is 2.39. The summed E-state index contributed by atoms with van der Waals surface area (Å²) in [7, 11) is 3.01. The summed E-state index contributed by atoms with van der Waals surface area (Å²) in [6.07, 6.45) is 3.71. The van der Waals surface area contributed by atoms with Crippen LogP contribution >= 0.6 is 0 Å². The van der Waals surface area contributed by atoms with Crippen molar-refractivity contribution in [3.05, 3.63) is 89.4 Å². The summed E-state index contributed by atoms with van der Waals surface area (Å²) in [6.45, 7) is 2.57. The molecule has 1 aliphatic rings. The molecule has 5 aromatic rings. The average molecular weight is 547 g/mol. The molecule has 2 aromatic carbocycles. The van der Waals surface area contributed by atoms with E-state index in [1.54, 1.807) is 53.6 Å². The number of methoxy groups -OCH3 is 1. The van der Waals surface area contributed by atoms with Crippen LogP contribution in [0.3, 0.4) is 0 Å². The molecule has 0 aliphatic carbocycles. The number of nitrogens with zero attached hydrogens (tertiary/aromatic N) is 6. The molecule has 0 saturated heterocycles. The minimum Gasteiger partial charge on any atom is -0.495 e. The molecule has 6 rings (SSSR count). The fourth-order valence-corrected chi connectivity index (χ4v) is 5.38. The second kappa shape index (κ2) is 9.51. The van der Waals surface area contributed by atoms with E-state index >= 15 is 0 Å². The van der Waals surface area contributed by atoms with E-state index in [-0.39, 0.29) is 18.0 Å². The number of aromatic nitrogens is 5. The Morgan fingerprint density at radius 2 is 1.90 bits per heavy atom. The number of aryl methyl sites for hydroxylation is 2. The predicted octanol–water partition coefficient (Wildman–Crippen LogP) is 5.42. The summed E-state index contributed by atoms with van der Waals surface area (Å²) in [5.74, 6) is 0.269. The molecule has 0 unspecified atom stereocenters. The number of benzene rings is 2. The van der Waals surface area contributed by atoms with E-state index in [0.29, 0.717) is 46.7 Å². The molecule has 0 radical (unpaired) electrons. The van der Waals surface area contributed by atoms with Crippen LogP contribution in [-0.2, 0) is 26.2 Å². The minimum absolute atomic E-state index is 0.0466. The van der Waals surface area contributed by atoms with Gasteiger partial charge in [0.05, 0.1) is 30.8 Å². The minimum atomic E-state index is -4.65. The van der Waals surface area contributed by atoms with Crippen LogP contribution in [0.4, 0.5) is 18.9 Å². The molecule has 0 saturated carbocycles. The third-order valence-electron chi connectivity index (χ3n) is 7.21. The number of carbonyl (C=O) groups is 1. The Morgan fingerprint density at radius 1 is 1.10 bits per heavy atom. The van der Waals surface area contributed by atoms with Gasteiger partial charge in [0.25, 0.3) is 5.91 Å². The number of carbonyl (C=O) groups excluding carboxylic acids is 1. The number of alkyl halides is 3. The van der Waals surface area contributed by atoms with Gasteiger partial charge in [-0.1, -0.05) is 6.07 Å². The zero-order chi connectivity index (χ0) is 28.2. The second-order valence-corrected chi connectivity index (χ2v) is 9.85. The Labute approximate surface area is 227 Å². The van der Waals surface area contributed by atoms with Crippen LogP contribution in [0.15, 0.2) is 61.4 Å². The third kappa shape index (κ3) is 4.37. The average Bonchev–Trinajstić information content (AvgIpc) is 3.59. The maximum atomic E-state index is 14.1. The van der Waals surface area contributed by atoms with Gasteiger partial charge in [0.2, 0.25) is 0 Å². The third-order valence-corrected chi connectivity index (χ3v) is 7.21. The first kappa shape index (κ1) is 25.6. The fraction of sp³-hybridized carbons (Fsp3) is 0.241. The van der Waals surface area contributed by atoms with Gasteiger partial charge in [-0.05, 0) is 59.9 Å². The van der Waals surface area contributed by atoms with Crippen molar-refractivity contribution in [2.45, 2.75) is 26.1 Å². The molecule has 204 valence electrons. The summed E-state index contributed by atoms with van der Waals surface area (Å²) >= 11 is 0. The number of anilines is 1. The highest BCUT2D eigenvalue weighted by atomic mass is 19.4. The predicted molar refractivity (Wildman–Crippen MR) is 143 cm³/mol. The summed E-state index contributed by atoms with van der Waals surface area (Å²) in [4.78, 5) is 24.4. The van der Waals surface area contributed by atoms with Gasteiger partial charge in [-0.3, -0.25) is 14.5 Å². The quantitative estimate of drug-likeness (QED) is 0.294. The number of amides is 1. The standard InChI is InChI=1S/C29H25F3N6O2/c1-17-4-5-25(23-12-19(40-3)13-34-26(17)23)38-8-6-20-21(24-15-36(2)35-27(24)29(30,31)32)10-18(11-22(20)28(38)39)14-37-9-7-33-16-37/h4-5,7,9-13,15-16H,6,8,14H2,1-3H3. The first-order chi connectivity index (χ1) is 19.1. The molecule has 0 bridgehead atoms. The van der Waals surface area contributed by atoms with E-state index in [0.717, 1.165) is 21.1 Å². The molecule has 40 heavy (non-hydrogen) atoms. The Morgan fingerprint density at radius 3 is 2.62 bits per heavy atom. The molecule has 0 N–H and O–H groups in total. The number of fused-ring (bicyclic) bond motifs is 2. The van der Waals surface area contributed by atoms with Crippen molar-refractivity contribution < 1.29 is 22.7 Å². The Bertz CT molecular complexity index is 1760. The van der Waals surface area contributed by atoms with Crippen LogP contribution in [0.25, 0.3) is 22.0 Å². The smallest absolute Gasteiger partial charge is 0.435 e. The Kier molecular flexibility index (Phi) is 6.09. The van der Waals surface area contributed by atoms with Crippen LogP contribution in [-0.4, -0.2) is 43.9 Å². The lowest BCUT2D eigenvalue weighted by atomic mass is 9.87. The number of pyridine rings is 1. The number of hydrogen-bond donors (Lipinski definition) is 0. The van der Waals surface area contributed by atoms with Crippen molar-refractivity contribution in [3.63, 3.8) is 0 Å². The molecule has 4 heterocycles. The number of imidazole rings is 1. The lowest BCUT2D eigenvalue weighted by Gasteiger charge is -2.31. The van der Waals surface area contributed by atoms with Crippen molar-refractivity contribution in [2.75, 3.05) is 18.6 Å². The highest BCUT2D eigenvalue weighted by molar-refractivity contribution is 6.13. The monoisotopic (exact) mass is 546 g/mol. The summed E-state index contributed by atoms with van der Waals surface area (Å²) in [5, 5.41) is 4.48. The maximum absolute atomic E-state index is 14.1. The SMILES string of the molecule is COc1cnc2c(C)ccc(N3CCc4c(cc(Cn5ccnc5)cc4-c4cn(C)nc4C(F)(F)F)C3=O)c2c1. The van der Waals surface area contributed by atoms with Gasteiger partial charge in [0.1, 0.15) is 5.75 Å². The van der Waals surface area contributed by atoms with Crippen molar-refractivity contribution in [2.24, 2.45) is 7.05 Å². The van der Waals surface area contributed by atoms with Crippen molar-refractivity contribution in [1.29, 1.82) is 0 Å². The molecule has 0 atom stereocenters. The number of hydrogen-bond acceptors (Lipinski definition) is 5. The molecular formula is C29H25F3N6O2. The largest absolute Gasteiger partial charge is 0.495 e. The van der Waals surface area contributed by atoms with Gasteiger partial charge in [-0.25, -0.2) is 4.98 Å². The Balaban J connectivity index is 1.53. The van der Waals surface area contributed by atoms with Gasteiger partial charge in [0, 0.05) is 55.2 Å². The molecule has 8 nitrogen and oxygen atoms in total. The molecular weight excluding hydrogens is 521 g/mol. The van der Waals surface area contributed by atoms with E-state index < -0.39 is 11.9 Å². The molecule has 3 aromatic heterocycles. The lowest BCUT2D eigenvalue weighted by Crippen LogP contribution is -2.38. The fourth-order valence-electron chi connectivity index (χ4n) is 5.38. The van der Waals surface area contributed by atoms with Gasteiger partial charge in [0.15, 0.2) is 5.69 Å². The Hall–Kier alpha value is -4.67.